The molecule has 22 heavy (non-hydrogen) atoms. The molecule has 0 amide bonds. The molecule has 0 saturated heterocycles. The summed E-state index contributed by atoms with van der Waals surface area (Å²) in [6, 6.07) is 10.5. The second kappa shape index (κ2) is 5.56. The lowest BCUT2D eigenvalue weighted by atomic mass is 10.1. The molecule has 1 aliphatic carbocycles. The topological polar surface area (TPSA) is 55.8 Å². The van der Waals surface area contributed by atoms with E-state index in [9.17, 15) is 9.90 Å². The molecule has 0 unspecified atom stereocenters. The molecule has 0 spiro atoms. The summed E-state index contributed by atoms with van der Waals surface area (Å²) in [6.45, 7) is 0. The summed E-state index contributed by atoms with van der Waals surface area (Å²) in [6.07, 6.45) is 2.23. The van der Waals surface area contributed by atoms with E-state index in [2.05, 4.69) is 0 Å². The Hall–Kier alpha value is -2.75. The Morgan fingerprint density at radius 1 is 1.14 bits per heavy atom. The highest BCUT2D eigenvalue weighted by Crippen LogP contribution is 2.35. The smallest absolute Gasteiger partial charge is 0.189 e. The molecule has 1 N–H and O–H groups in total. The van der Waals surface area contributed by atoms with Crippen molar-refractivity contribution in [1.82, 2.24) is 0 Å². The van der Waals surface area contributed by atoms with Gasteiger partial charge in [-0.05, 0) is 24.3 Å². The Morgan fingerprint density at radius 3 is 2.64 bits per heavy atom. The van der Waals surface area contributed by atoms with Gasteiger partial charge in [-0.2, -0.15) is 0 Å². The van der Waals surface area contributed by atoms with Gasteiger partial charge in [0.15, 0.2) is 5.78 Å². The minimum atomic E-state index is -0.0521. The quantitative estimate of drug-likeness (QED) is 0.884. The fourth-order valence-electron chi connectivity index (χ4n) is 2.66. The predicted molar refractivity (Wildman–Crippen MR) is 83.7 cm³/mol. The number of allylic oxidation sites excluding steroid dienone is 1. The standard InChI is InChI=1S/C18H16O4/c1-21-13-7-6-11(17(10-13)22-2)8-12-9-15-14(18(12)20)4-3-5-16(15)19/h3-8,10,19H,9H2,1-2H3/b12-8+. The number of aromatic hydroxyl groups is 1. The normalized spacial score (nSPS) is 15.0. The van der Waals surface area contributed by atoms with Crippen molar-refractivity contribution >= 4 is 11.9 Å². The minimum absolute atomic E-state index is 0.0521. The highest BCUT2D eigenvalue weighted by atomic mass is 16.5. The zero-order valence-corrected chi connectivity index (χ0v) is 12.4. The van der Waals surface area contributed by atoms with Crippen LogP contribution in [0.2, 0.25) is 0 Å². The third kappa shape index (κ3) is 2.33. The zero-order chi connectivity index (χ0) is 15.7. The molecule has 0 radical (unpaired) electrons. The van der Waals surface area contributed by atoms with Gasteiger partial charge in [0.2, 0.25) is 0 Å². The van der Waals surface area contributed by atoms with Crippen molar-refractivity contribution in [2.45, 2.75) is 6.42 Å². The molecule has 112 valence electrons. The van der Waals surface area contributed by atoms with Crippen LogP contribution in [0.25, 0.3) is 6.08 Å². The van der Waals surface area contributed by atoms with Gasteiger partial charge in [0.25, 0.3) is 0 Å². The number of carbonyl (C=O) groups excluding carboxylic acids is 1. The first-order chi connectivity index (χ1) is 10.6. The summed E-state index contributed by atoms with van der Waals surface area (Å²) in [5.41, 5.74) is 2.70. The molecule has 0 heterocycles. The summed E-state index contributed by atoms with van der Waals surface area (Å²) in [5, 5.41) is 9.88. The van der Waals surface area contributed by atoms with Crippen LogP contribution in [-0.2, 0) is 6.42 Å². The maximum Gasteiger partial charge on any atom is 0.189 e. The summed E-state index contributed by atoms with van der Waals surface area (Å²) < 4.78 is 10.5. The Kier molecular flexibility index (Phi) is 3.59. The number of phenolic OH excluding ortho intramolecular Hbond substituents is 1. The molecular formula is C18H16O4. The molecular weight excluding hydrogens is 280 g/mol. The fraction of sp³-hybridized carbons (Fsp3) is 0.167. The number of phenols is 1. The molecule has 2 aromatic rings. The van der Waals surface area contributed by atoms with Crippen LogP contribution in [-0.4, -0.2) is 25.1 Å². The van der Waals surface area contributed by atoms with Gasteiger partial charge in [0.1, 0.15) is 17.2 Å². The summed E-state index contributed by atoms with van der Waals surface area (Å²) >= 11 is 0. The summed E-state index contributed by atoms with van der Waals surface area (Å²) in [5.74, 6) is 1.44. The van der Waals surface area contributed by atoms with Gasteiger partial charge in [-0.15, -0.1) is 0 Å². The van der Waals surface area contributed by atoms with E-state index in [0.717, 1.165) is 5.56 Å². The summed E-state index contributed by atoms with van der Waals surface area (Å²) in [7, 11) is 3.17. The van der Waals surface area contributed by atoms with Crippen molar-refractivity contribution in [3.8, 4) is 17.2 Å². The lowest BCUT2D eigenvalue weighted by molar-refractivity contribution is 0.104. The van der Waals surface area contributed by atoms with E-state index < -0.39 is 0 Å². The number of benzene rings is 2. The zero-order valence-electron chi connectivity index (χ0n) is 12.4. The first kappa shape index (κ1) is 14.2. The van der Waals surface area contributed by atoms with Gasteiger partial charge in [-0.1, -0.05) is 12.1 Å². The molecule has 0 aromatic heterocycles. The van der Waals surface area contributed by atoms with Crippen molar-refractivity contribution in [2.24, 2.45) is 0 Å². The summed E-state index contributed by atoms with van der Waals surface area (Å²) in [4.78, 5) is 12.4. The SMILES string of the molecule is COc1ccc(/C=C2\Cc3c(O)cccc3C2=O)c(OC)c1. The van der Waals surface area contributed by atoms with Crippen LogP contribution in [0.5, 0.6) is 17.2 Å². The molecule has 1 aliphatic rings. The van der Waals surface area contributed by atoms with Crippen LogP contribution in [0, 0.1) is 0 Å². The number of ketones is 1. The Morgan fingerprint density at radius 2 is 1.95 bits per heavy atom. The maximum atomic E-state index is 12.4. The third-order valence-corrected chi connectivity index (χ3v) is 3.83. The number of rotatable bonds is 3. The van der Waals surface area contributed by atoms with Crippen LogP contribution >= 0.6 is 0 Å². The molecule has 4 heteroatoms. The lowest BCUT2D eigenvalue weighted by Crippen LogP contribution is -1.96. The average Bonchev–Trinajstić information content (AvgIpc) is 2.86. The van der Waals surface area contributed by atoms with Gasteiger partial charge in [0, 0.05) is 34.8 Å². The van der Waals surface area contributed by atoms with Crippen LogP contribution < -0.4 is 9.47 Å². The third-order valence-electron chi connectivity index (χ3n) is 3.83. The highest BCUT2D eigenvalue weighted by Gasteiger charge is 2.27. The maximum absolute atomic E-state index is 12.4. The number of fused-ring (bicyclic) bond motifs is 1. The minimum Gasteiger partial charge on any atom is -0.508 e. The van der Waals surface area contributed by atoms with Gasteiger partial charge in [0.05, 0.1) is 14.2 Å². The van der Waals surface area contributed by atoms with Crippen LogP contribution in [0.3, 0.4) is 0 Å². The number of ether oxygens (including phenoxy) is 2. The average molecular weight is 296 g/mol. The monoisotopic (exact) mass is 296 g/mol. The Balaban J connectivity index is 2.01. The van der Waals surface area contributed by atoms with Crippen molar-refractivity contribution in [3.05, 3.63) is 58.7 Å². The largest absolute Gasteiger partial charge is 0.508 e. The molecule has 3 rings (SSSR count). The molecule has 0 saturated carbocycles. The van der Waals surface area contributed by atoms with E-state index in [4.69, 9.17) is 9.47 Å². The lowest BCUT2D eigenvalue weighted by Gasteiger charge is -2.08. The molecule has 4 nitrogen and oxygen atoms in total. The predicted octanol–water partition coefficient (Wildman–Crippen LogP) is 3.23. The molecule has 0 fully saturated rings. The van der Waals surface area contributed by atoms with Crippen LogP contribution in [0.1, 0.15) is 21.5 Å². The van der Waals surface area contributed by atoms with E-state index in [0.29, 0.717) is 34.6 Å². The molecule has 0 bridgehead atoms. The van der Waals surface area contributed by atoms with E-state index >= 15 is 0 Å². The number of hydrogen-bond acceptors (Lipinski definition) is 4. The number of methoxy groups -OCH3 is 2. The van der Waals surface area contributed by atoms with Crippen molar-refractivity contribution < 1.29 is 19.4 Å². The van der Waals surface area contributed by atoms with E-state index in [1.807, 2.05) is 12.1 Å². The van der Waals surface area contributed by atoms with Crippen LogP contribution in [0.4, 0.5) is 0 Å². The second-order valence-electron chi connectivity index (χ2n) is 5.09. The first-order valence-corrected chi connectivity index (χ1v) is 6.92. The highest BCUT2D eigenvalue weighted by molar-refractivity contribution is 6.16. The van der Waals surface area contributed by atoms with E-state index in [1.54, 1.807) is 44.6 Å². The Bertz CT molecular complexity index is 775. The van der Waals surface area contributed by atoms with Gasteiger partial charge < -0.3 is 14.6 Å². The first-order valence-electron chi connectivity index (χ1n) is 6.92. The molecule has 0 atom stereocenters. The van der Waals surface area contributed by atoms with Crippen LogP contribution in [0.15, 0.2) is 42.0 Å². The molecule has 2 aromatic carbocycles. The number of carbonyl (C=O) groups is 1. The van der Waals surface area contributed by atoms with E-state index in [1.165, 1.54) is 0 Å². The van der Waals surface area contributed by atoms with Gasteiger partial charge >= 0.3 is 0 Å². The van der Waals surface area contributed by atoms with Gasteiger partial charge in [-0.3, -0.25) is 4.79 Å². The number of Topliss-reactive ketones (excluding diaryl/α,β-unsaturated/α-hetero) is 1. The van der Waals surface area contributed by atoms with Crippen molar-refractivity contribution in [3.63, 3.8) is 0 Å². The van der Waals surface area contributed by atoms with Gasteiger partial charge in [-0.25, -0.2) is 0 Å². The molecule has 0 aliphatic heterocycles. The van der Waals surface area contributed by atoms with Crippen molar-refractivity contribution in [2.75, 3.05) is 14.2 Å². The Labute approximate surface area is 128 Å². The second-order valence-corrected chi connectivity index (χ2v) is 5.09. The van der Waals surface area contributed by atoms with Crippen molar-refractivity contribution in [1.29, 1.82) is 0 Å². The number of hydrogen-bond donors (Lipinski definition) is 1. The van der Waals surface area contributed by atoms with E-state index in [-0.39, 0.29) is 11.5 Å². The fourth-order valence-corrected chi connectivity index (χ4v) is 2.66.